The molecule has 0 saturated heterocycles. The highest BCUT2D eigenvalue weighted by molar-refractivity contribution is 6.35. The van der Waals surface area contributed by atoms with Gasteiger partial charge >= 0.3 is 0 Å². The monoisotopic (exact) mass is 745 g/mol. The molecule has 3 nitrogen and oxygen atoms in total. The predicted molar refractivity (Wildman–Crippen MR) is 246 cm³/mol. The van der Waals surface area contributed by atoms with Crippen molar-refractivity contribution < 1.29 is 0 Å². The summed E-state index contributed by atoms with van der Waals surface area (Å²) in [6, 6.07) is 71.7. The van der Waals surface area contributed by atoms with Crippen LogP contribution in [0.25, 0.3) is 114 Å². The molecule has 270 valence electrons. The van der Waals surface area contributed by atoms with Gasteiger partial charge in [-0.25, -0.2) is 0 Å². The fraction of sp³-hybridized carbons (Fsp3) is 0. The van der Waals surface area contributed by atoms with Gasteiger partial charge in [0.1, 0.15) is 0 Å². The van der Waals surface area contributed by atoms with E-state index < -0.39 is 0 Å². The Labute approximate surface area is 339 Å². The zero-order valence-corrected chi connectivity index (χ0v) is 31.7. The van der Waals surface area contributed by atoms with Crippen molar-refractivity contribution in [1.82, 2.24) is 4.57 Å². The first-order valence-corrected chi connectivity index (χ1v) is 19.9. The van der Waals surface area contributed by atoms with Crippen LogP contribution >= 0.6 is 0 Å². The van der Waals surface area contributed by atoms with E-state index in [4.69, 9.17) is 0 Å². The fourth-order valence-electron chi connectivity index (χ4n) is 9.94. The van der Waals surface area contributed by atoms with Gasteiger partial charge in [0.15, 0.2) is 0 Å². The summed E-state index contributed by atoms with van der Waals surface area (Å²) in [6.07, 6.45) is 0. The van der Waals surface area contributed by atoms with E-state index in [2.05, 4.69) is 187 Å². The third-order valence-corrected chi connectivity index (χ3v) is 12.3. The molecule has 1 aromatic heterocycles. The van der Waals surface area contributed by atoms with Crippen LogP contribution in [0.2, 0.25) is 0 Å². The SMILES string of the molecule is N#Cc1cc(C#N)cc(-c2c3ccccc3c(-c3ccc4c(c3)c3ccccc3c3c4ccc4c5ccc6ccccc6c5n(-c5ccccc5)c43)c3ccccc23)c1. The molecule has 0 aliphatic carbocycles. The lowest BCUT2D eigenvalue weighted by Gasteiger charge is -2.19. The molecule has 3 heteroatoms. The highest BCUT2D eigenvalue weighted by Gasteiger charge is 2.22. The normalized spacial score (nSPS) is 11.7. The number of fused-ring (bicyclic) bond motifs is 14. The van der Waals surface area contributed by atoms with Crippen LogP contribution in [0.5, 0.6) is 0 Å². The number of rotatable bonds is 3. The first-order chi connectivity index (χ1) is 29.2. The first-order valence-electron chi connectivity index (χ1n) is 19.9. The van der Waals surface area contributed by atoms with Crippen molar-refractivity contribution in [1.29, 1.82) is 10.5 Å². The van der Waals surface area contributed by atoms with Crippen LogP contribution in [-0.4, -0.2) is 4.57 Å². The van der Waals surface area contributed by atoms with Crippen LogP contribution in [0.1, 0.15) is 11.1 Å². The summed E-state index contributed by atoms with van der Waals surface area (Å²) in [5.41, 5.74) is 8.71. The molecule has 0 atom stereocenters. The number of hydrogen-bond donors (Lipinski definition) is 0. The van der Waals surface area contributed by atoms with Crippen molar-refractivity contribution in [3.8, 4) is 40.1 Å². The van der Waals surface area contributed by atoms with E-state index in [0.717, 1.165) is 49.5 Å². The maximum Gasteiger partial charge on any atom is 0.0992 e. The molecule has 0 spiro atoms. The number of hydrogen-bond acceptors (Lipinski definition) is 2. The third-order valence-electron chi connectivity index (χ3n) is 12.3. The highest BCUT2D eigenvalue weighted by atomic mass is 15.0. The second-order valence-electron chi connectivity index (χ2n) is 15.4. The van der Waals surface area contributed by atoms with Crippen molar-refractivity contribution in [2.75, 3.05) is 0 Å². The van der Waals surface area contributed by atoms with Crippen molar-refractivity contribution >= 4 is 86.4 Å². The summed E-state index contributed by atoms with van der Waals surface area (Å²) >= 11 is 0. The zero-order chi connectivity index (χ0) is 39.2. The maximum atomic E-state index is 9.90. The van der Waals surface area contributed by atoms with E-state index in [1.54, 1.807) is 6.07 Å². The van der Waals surface area contributed by atoms with E-state index in [1.165, 1.54) is 64.9 Å². The van der Waals surface area contributed by atoms with Crippen LogP contribution < -0.4 is 0 Å². The topological polar surface area (TPSA) is 52.5 Å². The van der Waals surface area contributed by atoms with Gasteiger partial charge in [-0.1, -0.05) is 152 Å². The second kappa shape index (κ2) is 12.6. The predicted octanol–water partition coefficient (Wildman–Crippen LogP) is 14.8. The zero-order valence-electron chi connectivity index (χ0n) is 31.7. The van der Waals surface area contributed by atoms with Crippen molar-refractivity contribution in [2.45, 2.75) is 0 Å². The number of aromatic nitrogens is 1. The average molecular weight is 746 g/mol. The minimum absolute atomic E-state index is 0.472. The van der Waals surface area contributed by atoms with Gasteiger partial charge in [0.2, 0.25) is 0 Å². The standard InChI is InChI=1S/C56H31N3/c57-32-34-28-35(33-58)30-38(29-34)53-46-20-10-8-18-44(46)52(45-19-9-11-21-47(45)53)37-23-24-42-48-26-27-50-49-25-22-36-12-4-5-15-40(36)55(49)59(39-13-2-1-3-14-39)56(50)54(48)43-17-7-6-16-41(43)51(42)31-37/h1-31H. The third kappa shape index (κ3) is 4.74. The molecule has 11 aromatic carbocycles. The molecular weight excluding hydrogens is 715 g/mol. The van der Waals surface area contributed by atoms with Crippen LogP contribution in [-0.2, 0) is 0 Å². The summed E-state index contributed by atoms with van der Waals surface area (Å²) in [5.74, 6) is 0. The van der Waals surface area contributed by atoms with Gasteiger partial charge in [-0.15, -0.1) is 0 Å². The lowest BCUT2D eigenvalue weighted by molar-refractivity contribution is 1.19. The smallest absolute Gasteiger partial charge is 0.0992 e. The van der Waals surface area contributed by atoms with Crippen molar-refractivity contribution in [2.24, 2.45) is 0 Å². The molecule has 0 N–H and O–H groups in total. The van der Waals surface area contributed by atoms with Crippen LogP contribution in [0.3, 0.4) is 0 Å². The van der Waals surface area contributed by atoms with Gasteiger partial charge < -0.3 is 4.57 Å². The molecule has 59 heavy (non-hydrogen) atoms. The lowest BCUT2D eigenvalue weighted by Crippen LogP contribution is -1.96. The minimum Gasteiger partial charge on any atom is -0.308 e. The Morgan fingerprint density at radius 1 is 0.322 bits per heavy atom. The Morgan fingerprint density at radius 2 is 0.797 bits per heavy atom. The van der Waals surface area contributed by atoms with Crippen LogP contribution in [0.4, 0.5) is 0 Å². The highest BCUT2D eigenvalue weighted by Crippen LogP contribution is 2.48. The largest absolute Gasteiger partial charge is 0.308 e. The molecule has 12 rings (SSSR count). The fourth-order valence-corrected chi connectivity index (χ4v) is 9.94. The van der Waals surface area contributed by atoms with Gasteiger partial charge in [0.25, 0.3) is 0 Å². The van der Waals surface area contributed by atoms with Gasteiger partial charge in [-0.2, -0.15) is 10.5 Å². The molecule has 0 saturated carbocycles. The average Bonchev–Trinajstić information content (AvgIpc) is 3.65. The van der Waals surface area contributed by atoms with Crippen LogP contribution in [0.15, 0.2) is 188 Å². The Hall–Kier alpha value is -8.24. The molecule has 0 fully saturated rings. The quantitative estimate of drug-likeness (QED) is 0.134. The van der Waals surface area contributed by atoms with E-state index in [1.807, 2.05) is 12.1 Å². The summed E-state index contributed by atoms with van der Waals surface area (Å²) in [5, 5.41) is 36.5. The van der Waals surface area contributed by atoms with E-state index >= 15 is 0 Å². The maximum absolute atomic E-state index is 9.90. The summed E-state index contributed by atoms with van der Waals surface area (Å²) < 4.78 is 2.49. The van der Waals surface area contributed by atoms with Crippen molar-refractivity contribution in [3.05, 3.63) is 199 Å². The van der Waals surface area contributed by atoms with Crippen LogP contribution in [0, 0.1) is 22.7 Å². The van der Waals surface area contributed by atoms with E-state index in [9.17, 15) is 10.5 Å². The summed E-state index contributed by atoms with van der Waals surface area (Å²) in [4.78, 5) is 0. The van der Waals surface area contributed by atoms with E-state index in [0.29, 0.717) is 11.1 Å². The molecule has 0 aliphatic heterocycles. The molecule has 0 bridgehead atoms. The Balaban J connectivity index is 1.20. The minimum atomic E-state index is 0.472. The second-order valence-corrected chi connectivity index (χ2v) is 15.4. The molecule has 0 radical (unpaired) electrons. The van der Waals surface area contributed by atoms with Gasteiger partial charge in [0, 0.05) is 27.2 Å². The lowest BCUT2D eigenvalue weighted by atomic mass is 9.84. The van der Waals surface area contributed by atoms with Gasteiger partial charge in [-0.3, -0.25) is 0 Å². The molecule has 1 heterocycles. The summed E-state index contributed by atoms with van der Waals surface area (Å²) in [6.45, 7) is 0. The van der Waals surface area contributed by atoms with Crippen molar-refractivity contribution in [3.63, 3.8) is 0 Å². The Morgan fingerprint density at radius 3 is 1.46 bits per heavy atom. The Kier molecular flexibility index (Phi) is 7.06. The van der Waals surface area contributed by atoms with E-state index in [-0.39, 0.29) is 0 Å². The number of nitrogens with zero attached hydrogens (tertiary/aromatic N) is 3. The molecule has 0 unspecified atom stereocenters. The van der Waals surface area contributed by atoms with Gasteiger partial charge in [-0.05, 0) is 113 Å². The number of para-hydroxylation sites is 1. The molecule has 12 aromatic rings. The molecular formula is C56H31N3. The summed E-state index contributed by atoms with van der Waals surface area (Å²) in [7, 11) is 0. The Bertz CT molecular complexity index is 3750. The first kappa shape index (κ1) is 33.0. The molecule has 0 amide bonds. The number of benzene rings is 11. The number of nitriles is 2. The van der Waals surface area contributed by atoms with Gasteiger partial charge in [0.05, 0.1) is 34.3 Å². The molecule has 0 aliphatic rings.